The van der Waals surface area contributed by atoms with E-state index in [1.807, 2.05) is 23.4 Å². The highest BCUT2D eigenvalue weighted by atomic mass is 32.2. The summed E-state index contributed by atoms with van der Waals surface area (Å²) >= 11 is 1.61. The number of thiophene rings is 1. The van der Waals surface area contributed by atoms with E-state index in [9.17, 15) is 8.42 Å². The van der Waals surface area contributed by atoms with Crippen molar-refractivity contribution in [1.29, 1.82) is 0 Å². The predicted octanol–water partition coefficient (Wildman–Crippen LogP) is 0.958. The van der Waals surface area contributed by atoms with E-state index >= 15 is 0 Å². The fourth-order valence-electron chi connectivity index (χ4n) is 1.42. The fraction of sp³-hybridized carbons (Fsp3) is 0.538. The first-order valence-corrected chi connectivity index (χ1v) is 8.88. The van der Waals surface area contributed by atoms with Gasteiger partial charge in [-0.25, -0.2) is 8.42 Å². The van der Waals surface area contributed by atoms with E-state index in [0.717, 1.165) is 17.0 Å². The van der Waals surface area contributed by atoms with Gasteiger partial charge in [-0.2, -0.15) is 0 Å². The monoisotopic (exact) mass is 301 g/mol. The van der Waals surface area contributed by atoms with Crippen molar-refractivity contribution in [1.82, 2.24) is 4.90 Å². The molecule has 6 heteroatoms. The molecule has 0 aromatic carbocycles. The van der Waals surface area contributed by atoms with Crippen LogP contribution in [0.4, 0.5) is 0 Å². The lowest BCUT2D eigenvalue weighted by molar-refractivity contribution is 0.305. The van der Waals surface area contributed by atoms with E-state index in [1.165, 1.54) is 6.26 Å². The Morgan fingerprint density at radius 1 is 1.47 bits per heavy atom. The number of rotatable bonds is 6. The van der Waals surface area contributed by atoms with Gasteiger partial charge in [0.15, 0.2) is 0 Å². The number of sulfone groups is 1. The van der Waals surface area contributed by atoms with Crippen LogP contribution in [0.3, 0.4) is 0 Å². The SMILES string of the molecule is CN(CCS(C)(=O)=O)Cc1cc(C#CCCO)cs1. The van der Waals surface area contributed by atoms with Gasteiger partial charge in [0.1, 0.15) is 9.84 Å². The van der Waals surface area contributed by atoms with Gasteiger partial charge in [-0.05, 0) is 13.1 Å². The molecule has 0 bridgehead atoms. The Hall–Kier alpha value is -0.870. The number of nitrogens with zero attached hydrogens (tertiary/aromatic N) is 1. The van der Waals surface area contributed by atoms with Gasteiger partial charge in [-0.1, -0.05) is 11.8 Å². The Kier molecular flexibility index (Phi) is 6.52. The van der Waals surface area contributed by atoms with Crippen molar-refractivity contribution >= 4 is 21.2 Å². The number of aliphatic hydroxyl groups is 1. The maximum atomic E-state index is 11.1. The average molecular weight is 301 g/mol. The lowest BCUT2D eigenvalue weighted by atomic mass is 10.3. The number of hydrogen-bond donors (Lipinski definition) is 1. The summed E-state index contributed by atoms with van der Waals surface area (Å²) in [5.41, 5.74) is 0.949. The van der Waals surface area contributed by atoms with Crippen molar-refractivity contribution in [2.45, 2.75) is 13.0 Å². The van der Waals surface area contributed by atoms with Gasteiger partial charge in [0.05, 0.1) is 12.4 Å². The third kappa shape index (κ3) is 7.33. The molecule has 1 heterocycles. The molecule has 1 aromatic rings. The summed E-state index contributed by atoms with van der Waals surface area (Å²) in [4.78, 5) is 3.14. The lowest BCUT2D eigenvalue weighted by Crippen LogP contribution is -2.24. The molecular formula is C13H19NO3S2. The Labute approximate surface area is 119 Å². The average Bonchev–Trinajstić information content (AvgIpc) is 2.74. The summed E-state index contributed by atoms with van der Waals surface area (Å²) in [5.74, 6) is 6.04. The van der Waals surface area contributed by atoms with Crippen molar-refractivity contribution in [3.63, 3.8) is 0 Å². The first-order valence-electron chi connectivity index (χ1n) is 5.94. The Balaban J connectivity index is 2.47. The number of hydrogen-bond acceptors (Lipinski definition) is 5. The van der Waals surface area contributed by atoms with Crippen molar-refractivity contribution < 1.29 is 13.5 Å². The first kappa shape index (κ1) is 16.2. The van der Waals surface area contributed by atoms with E-state index in [4.69, 9.17) is 5.11 Å². The van der Waals surface area contributed by atoms with Gasteiger partial charge in [0.25, 0.3) is 0 Å². The molecule has 1 N–H and O–H groups in total. The number of aliphatic hydroxyl groups excluding tert-OH is 1. The largest absolute Gasteiger partial charge is 0.395 e. The molecule has 0 radical (unpaired) electrons. The van der Waals surface area contributed by atoms with Crippen molar-refractivity contribution in [3.05, 3.63) is 21.9 Å². The quantitative estimate of drug-likeness (QED) is 0.795. The first-order chi connectivity index (χ1) is 8.90. The standard InChI is InChI=1S/C13H19NO3S2/c1-14(6-8-19(2,16)17)10-13-9-12(11-18-13)5-3-4-7-15/h9,11,15H,4,6-8,10H2,1-2H3. The molecule has 0 saturated heterocycles. The molecule has 1 aromatic heterocycles. The van der Waals surface area contributed by atoms with Crippen LogP contribution in [0.25, 0.3) is 0 Å². The summed E-state index contributed by atoms with van der Waals surface area (Å²) in [7, 11) is -1.00. The van der Waals surface area contributed by atoms with Crippen LogP contribution in [0.1, 0.15) is 16.9 Å². The maximum Gasteiger partial charge on any atom is 0.148 e. The maximum absolute atomic E-state index is 11.1. The summed E-state index contributed by atoms with van der Waals surface area (Å²) < 4.78 is 22.2. The van der Waals surface area contributed by atoms with E-state index < -0.39 is 9.84 Å². The highest BCUT2D eigenvalue weighted by Crippen LogP contribution is 2.15. The van der Waals surface area contributed by atoms with Gasteiger partial charge in [0, 0.05) is 41.6 Å². The van der Waals surface area contributed by atoms with Crippen LogP contribution in [-0.4, -0.2) is 50.6 Å². The van der Waals surface area contributed by atoms with Gasteiger partial charge >= 0.3 is 0 Å². The molecule has 0 amide bonds. The summed E-state index contributed by atoms with van der Waals surface area (Å²) in [6.07, 6.45) is 1.74. The highest BCUT2D eigenvalue weighted by molar-refractivity contribution is 7.90. The minimum Gasteiger partial charge on any atom is -0.395 e. The summed E-state index contributed by atoms with van der Waals surface area (Å²) in [6, 6.07) is 2.01. The molecular weight excluding hydrogens is 282 g/mol. The molecule has 0 aliphatic carbocycles. The summed E-state index contributed by atoms with van der Waals surface area (Å²) in [5, 5.41) is 10.6. The van der Waals surface area contributed by atoms with E-state index in [0.29, 0.717) is 13.0 Å². The van der Waals surface area contributed by atoms with Gasteiger partial charge in [0.2, 0.25) is 0 Å². The molecule has 0 atom stereocenters. The van der Waals surface area contributed by atoms with Gasteiger partial charge in [-0.15, -0.1) is 11.3 Å². The van der Waals surface area contributed by atoms with Crippen LogP contribution in [0.15, 0.2) is 11.4 Å². The van der Waals surface area contributed by atoms with Crippen molar-refractivity contribution in [2.75, 3.05) is 32.2 Å². The van der Waals surface area contributed by atoms with Gasteiger partial charge < -0.3 is 10.0 Å². The second-order valence-corrected chi connectivity index (χ2v) is 7.70. The van der Waals surface area contributed by atoms with Crippen LogP contribution in [0.5, 0.6) is 0 Å². The summed E-state index contributed by atoms with van der Waals surface area (Å²) in [6.45, 7) is 1.34. The Morgan fingerprint density at radius 2 is 2.21 bits per heavy atom. The molecule has 0 unspecified atom stereocenters. The van der Waals surface area contributed by atoms with Crippen LogP contribution in [0.2, 0.25) is 0 Å². The molecule has 0 saturated carbocycles. The highest BCUT2D eigenvalue weighted by Gasteiger charge is 2.07. The Morgan fingerprint density at radius 3 is 2.84 bits per heavy atom. The van der Waals surface area contributed by atoms with E-state index in [1.54, 1.807) is 11.3 Å². The Bertz CT molecular complexity index is 552. The van der Waals surface area contributed by atoms with E-state index in [-0.39, 0.29) is 12.4 Å². The zero-order valence-electron chi connectivity index (χ0n) is 11.2. The third-order valence-corrected chi connectivity index (χ3v) is 4.24. The molecule has 19 heavy (non-hydrogen) atoms. The van der Waals surface area contributed by atoms with Crippen molar-refractivity contribution in [3.8, 4) is 11.8 Å². The zero-order chi connectivity index (χ0) is 14.3. The van der Waals surface area contributed by atoms with Crippen LogP contribution >= 0.6 is 11.3 Å². The molecule has 106 valence electrons. The minimum atomic E-state index is -2.91. The zero-order valence-corrected chi connectivity index (χ0v) is 12.9. The van der Waals surface area contributed by atoms with Crippen LogP contribution in [0, 0.1) is 11.8 Å². The third-order valence-electron chi connectivity index (χ3n) is 2.39. The van der Waals surface area contributed by atoms with Crippen molar-refractivity contribution in [2.24, 2.45) is 0 Å². The molecule has 1 rings (SSSR count). The normalized spacial score (nSPS) is 11.4. The molecule has 4 nitrogen and oxygen atoms in total. The van der Waals surface area contributed by atoms with Gasteiger partial charge in [-0.3, -0.25) is 0 Å². The lowest BCUT2D eigenvalue weighted by Gasteiger charge is -2.14. The molecule has 0 aliphatic rings. The van der Waals surface area contributed by atoms with Crippen LogP contribution < -0.4 is 0 Å². The predicted molar refractivity (Wildman–Crippen MR) is 78.9 cm³/mol. The topological polar surface area (TPSA) is 57.6 Å². The van der Waals surface area contributed by atoms with E-state index in [2.05, 4.69) is 11.8 Å². The molecule has 0 aliphatic heterocycles. The molecule has 0 spiro atoms. The second-order valence-electron chi connectivity index (χ2n) is 4.44. The fourth-order valence-corrected chi connectivity index (χ4v) is 2.95. The van der Waals surface area contributed by atoms with Crippen LogP contribution in [-0.2, 0) is 16.4 Å². The second kappa shape index (κ2) is 7.65. The molecule has 0 fully saturated rings. The minimum absolute atomic E-state index is 0.0816. The smallest absolute Gasteiger partial charge is 0.148 e.